The molecule has 1 aromatic carbocycles. The summed E-state index contributed by atoms with van der Waals surface area (Å²) in [6.07, 6.45) is -0.0771. The predicted octanol–water partition coefficient (Wildman–Crippen LogP) is -2.57. The van der Waals surface area contributed by atoms with Crippen molar-refractivity contribution in [3.8, 4) is 0 Å². The van der Waals surface area contributed by atoms with Crippen molar-refractivity contribution in [2.45, 2.75) is 18.9 Å². The van der Waals surface area contributed by atoms with Gasteiger partial charge in [-0.1, -0.05) is 6.07 Å². The van der Waals surface area contributed by atoms with Crippen LogP contribution in [0, 0.1) is 10.1 Å². The summed E-state index contributed by atoms with van der Waals surface area (Å²) in [6.45, 7) is 0. The Morgan fingerprint density at radius 3 is 2.26 bits per heavy atom. The average Bonchev–Trinajstić information content (AvgIpc) is 2.34. The molecule has 1 rings (SSSR count). The molecule has 0 heterocycles. The highest BCUT2D eigenvalue weighted by atomic mass is 16.6. The third-order valence-electron chi connectivity index (χ3n) is 2.38. The second-order valence-corrected chi connectivity index (χ2v) is 3.85. The lowest BCUT2D eigenvalue weighted by Gasteiger charge is -2.14. The number of carbonyl (C=O) groups excluding carboxylic acids is 1. The predicted molar refractivity (Wildman–Crippen MR) is 81.0 cm³/mol. The summed E-state index contributed by atoms with van der Waals surface area (Å²) in [5.41, 5.74) is 5.10. The zero-order chi connectivity index (χ0) is 14.4. The maximum Gasteiger partial charge on any atom is 0.326 e. The quantitative estimate of drug-likeness (QED) is 0.354. The molecule has 0 unspecified atom stereocenters. The molecule has 0 aliphatic carbocycles. The lowest BCUT2D eigenvalue weighted by molar-refractivity contribution is -0.384. The molecular weight excluding hydrogens is 318 g/mol. The Labute approximate surface area is 130 Å². The third-order valence-corrected chi connectivity index (χ3v) is 2.38. The lowest BCUT2D eigenvalue weighted by atomic mass is 10.1. The largest absolute Gasteiger partial charge is 0.480 e. The number of nitrogens with zero attached hydrogens (tertiary/aromatic N) is 1. The van der Waals surface area contributed by atoms with Crippen molar-refractivity contribution >= 4 is 23.3 Å². The van der Waals surface area contributed by atoms with Crippen molar-refractivity contribution in [2.24, 2.45) is 5.73 Å². The molecule has 0 radical (unpaired) electrons. The van der Waals surface area contributed by atoms with Gasteiger partial charge in [0.05, 0.1) is 4.92 Å². The summed E-state index contributed by atoms with van der Waals surface area (Å²) < 4.78 is 0. The number of anilines is 1. The Hall–Kier alpha value is -2.80. The van der Waals surface area contributed by atoms with Crippen LogP contribution in [0.1, 0.15) is 12.8 Å². The van der Waals surface area contributed by atoms with Crippen molar-refractivity contribution in [3.63, 3.8) is 0 Å². The van der Waals surface area contributed by atoms with Gasteiger partial charge in [0.2, 0.25) is 5.91 Å². The molecule has 1 amide bonds. The van der Waals surface area contributed by atoms with E-state index >= 15 is 0 Å². The Bertz CT molecular complexity index is 509. The molecule has 1 aromatic rings. The number of hydrogen-bond acceptors (Lipinski definition) is 5. The van der Waals surface area contributed by atoms with E-state index in [0.717, 1.165) is 0 Å². The number of non-ortho nitro benzene ring substituents is 1. The summed E-state index contributed by atoms with van der Waals surface area (Å²) in [4.78, 5) is 31.6. The van der Waals surface area contributed by atoms with Crippen LogP contribution in [0.25, 0.3) is 0 Å². The number of benzene rings is 1. The number of amides is 1. The van der Waals surface area contributed by atoms with E-state index in [9.17, 15) is 19.7 Å². The molecule has 0 saturated carbocycles. The van der Waals surface area contributed by atoms with E-state index < -0.39 is 22.8 Å². The normalized spacial score (nSPS) is 9.57. The fourth-order valence-corrected chi connectivity index (χ4v) is 1.45. The molecule has 12 heteroatoms. The van der Waals surface area contributed by atoms with Crippen molar-refractivity contribution < 1.29 is 41.5 Å². The lowest BCUT2D eigenvalue weighted by Crippen LogP contribution is -2.30. The second-order valence-electron chi connectivity index (χ2n) is 3.85. The van der Waals surface area contributed by atoms with Crippen LogP contribution in [-0.2, 0) is 9.59 Å². The fraction of sp³-hybridized carbons (Fsp3) is 0.273. The Kier molecular flexibility index (Phi) is 15.9. The fourth-order valence-electron chi connectivity index (χ4n) is 1.45. The maximum atomic E-state index is 11.0. The summed E-state index contributed by atoms with van der Waals surface area (Å²) in [5.74, 6) is -1.76. The van der Waals surface area contributed by atoms with Crippen LogP contribution in [0.2, 0.25) is 0 Å². The average molecular weight is 339 g/mol. The highest BCUT2D eigenvalue weighted by molar-refractivity contribution is 5.79. The van der Waals surface area contributed by atoms with E-state index in [4.69, 9.17) is 10.8 Å². The van der Waals surface area contributed by atoms with Gasteiger partial charge < -0.3 is 38.1 Å². The van der Waals surface area contributed by atoms with Gasteiger partial charge in [0.1, 0.15) is 6.04 Å². The first-order valence-electron chi connectivity index (χ1n) is 5.42. The number of carbonyl (C=O) groups is 2. The van der Waals surface area contributed by atoms with Gasteiger partial charge in [-0.3, -0.25) is 14.9 Å². The van der Waals surface area contributed by atoms with Crippen molar-refractivity contribution in [1.29, 1.82) is 0 Å². The van der Waals surface area contributed by atoms with E-state index in [1.807, 2.05) is 0 Å². The molecule has 134 valence electrons. The van der Waals surface area contributed by atoms with E-state index in [2.05, 4.69) is 5.32 Å². The van der Waals surface area contributed by atoms with E-state index in [1.165, 1.54) is 24.3 Å². The van der Waals surface area contributed by atoms with Crippen LogP contribution in [0.4, 0.5) is 11.4 Å². The second kappa shape index (κ2) is 12.9. The van der Waals surface area contributed by atoms with Crippen LogP contribution >= 0.6 is 0 Å². The smallest absolute Gasteiger partial charge is 0.326 e. The van der Waals surface area contributed by atoms with Gasteiger partial charge in [0, 0.05) is 24.2 Å². The first kappa shape index (κ1) is 28.4. The molecule has 1 atom stereocenters. The van der Waals surface area contributed by atoms with Crippen molar-refractivity contribution in [2.75, 3.05) is 5.32 Å². The van der Waals surface area contributed by atoms with Gasteiger partial charge in [-0.2, -0.15) is 0 Å². The molecule has 0 fully saturated rings. The molecule has 0 aromatic heterocycles. The van der Waals surface area contributed by atoms with Crippen LogP contribution in [0.3, 0.4) is 0 Å². The number of primary amides is 1. The number of carboxylic acids is 1. The van der Waals surface area contributed by atoms with Crippen molar-refractivity contribution in [3.05, 3.63) is 34.4 Å². The van der Waals surface area contributed by atoms with Gasteiger partial charge in [0.25, 0.3) is 5.69 Å². The highest BCUT2D eigenvalue weighted by Gasteiger charge is 2.18. The molecule has 12 nitrogen and oxygen atoms in total. The Balaban J connectivity index is -0.000000451. The SMILES string of the molecule is NC(=O)CC[C@H](Nc1cccc([N+](=O)[O-])c1)C(=O)O.O.O.O.O. The maximum absolute atomic E-state index is 11.0. The molecule has 23 heavy (non-hydrogen) atoms. The van der Waals surface area contributed by atoms with Crippen LogP contribution in [0.15, 0.2) is 24.3 Å². The first-order valence-corrected chi connectivity index (χ1v) is 5.42. The van der Waals surface area contributed by atoms with Crippen LogP contribution < -0.4 is 11.1 Å². The number of aliphatic carboxylic acids is 1. The van der Waals surface area contributed by atoms with E-state index in [1.54, 1.807) is 0 Å². The third kappa shape index (κ3) is 9.70. The highest BCUT2D eigenvalue weighted by Crippen LogP contribution is 2.18. The molecule has 0 bridgehead atoms. The molecule has 0 spiro atoms. The summed E-state index contributed by atoms with van der Waals surface area (Å²) in [7, 11) is 0. The van der Waals surface area contributed by atoms with Crippen LogP contribution in [0.5, 0.6) is 0 Å². The molecular formula is C11H21N3O9. The van der Waals surface area contributed by atoms with Gasteiger partial charge in [-0.25, -0.2) is 4.79 Å². The summed E-state index contributed by atoms with van der Waals surface area (Å²) in [6, 6.07) is 4.43. The van der Waals surface area contributed by atoms with Gasteiger partial charge in [-0.15, -0.1) is 0 Å². The van der Waals surface area contributed by atoms with Gasteiger partial charge >= 0.3 is 5.97 Å². The van der Waals surface area contributed by atoms with Gasteiger partial charge in [0.15, 0.2) is 0 Å². The number of hydrogen-bond donors (Lipinski definition) is 3. The molecule has 12 N–H and O–H groups in total. The van der Waals surface area contributed by atoms with Crippen molar-refractivity contribution in [1.82, 2.24) is 0 Å². The summed E-state index contributed by atoms with van der Waals surface area (Å²) in [5, 5.41) is 22.2. The topological polar surface area (TPSA) is 262 Å². The molecule has 0 aliphatic heterocycles. The number of carboxylic acid groups (broad SMARTS) is 1. The number of nitro benzene ring substituents is 1. The minimum Gasteiger partial charge on any atom is -0.480 e. The molecule has 0 aliphatic rings. The summed E-state index contributed by atoms with van der Waals surface area (Å²) >= 11 is 0. The number of rotatable bonds is 7. The Morgan fingerprint density at radius 2 is 1.83 bits per heavy atom. The number of nitrogens with one attached hydrogen (secondary N) is 1. The minimum absolute atomic E-state index is 0. The van der Waals surface area contributed by atoms with E-state index in [-0.39, 0.29) is 40.4 Å². The molecule has 0 saturated heterocycles. The number of nitro groups is 1. The zero-order valence-electron chi connectivity index (χ0n) is 11.9. The van der Waals surface area contributed by atoms with Crippen LogP contribution in [-0.4, -0.2) is 49.9 Å². The van der Waals surface area contributed by atoms with E-state index in [0.29, 0.717) is 5.69 Å². The van der Waals surface area contributed by atoms with Gasteiger partial charge in [-0.05, 0) is 12.5 Å². The zero-order valence-corrected chi connectivity index (χ0v) is 11.9. The minimum atomic E-state index is -1.16. The monoisotopic (exact) mass is 339 g/mol. The standard InChI is InChI=1S/C11H13N3O5.4H2O/c12-10(15)5-4-9(11(16)17)13-7-2-1-3-8(6-7)14(18)19;;;;/h1-3,6,9,13H,4-5H2,(H2,12,15)(H,16,17);4*1H2/t9-;;;;/m0..../s1. The first-order chi connectivity index (χ1) is 8.90. The Morgan fingerprint density at radius 1 is 1.26 bits per heavy atom. The number of nitrogens with two attached hydrogens (primary N) is 1.